The van der Waals surface area contributed by atoms with Crippen molar-refractivity contribution >= 4 is 57.7 Å². The SMILES string of the molecule is CC(NC(=O)C(NC(=O)Cc1cccc(-c2cc3cc(C(C)O)ccc3cn2)c1)C(C)C)C(=O)N1CCCC(C(=O)OCC(C)(Cl)Cl)N1. The highest BCUT2D eigenvalue weighted by Crippen LogP contribution is 2.26. The van der Waals surface area contributed by atoms with Gasteiger partial charge in [-0.2, -0.15) is 0 Å². The second kappa shape index (κ2) is 16.1. The number of aromatic nitrogens is 1. The van der Waals surface area contributed by atoms with E-state index in [9.17, 15) is 24.3 Å². The quantitative estimate of drug-likeness (QED) is 0.161. The standard InChI is InChI=1S/C35H43Cl2N5O6/c1-20(2)31(32(45)39-21(3)33(46)42-13-7-10-28(41-42)34(47)48-19-35(5,36)37)40-30(44)15-23-8-6-9-25(14-23)29-17-27-16-24(22(4)43)11-12-26(27)18-38-29/h6,8-9,11-12,14,16-18,20-22,28,31,41,43H,7,10,13,15,19H2,1-5H3,(H,39,45)(H,40,44). The van der Waals surface area contributed by atoms with Gasteiger partial charge in [-0.15, -0.1) is 0 Å². The molecule has 13 heteroatoms. The number of fused-ring (bicyclic) bond motifs is 1. The summed E-state index contributed by atoms with van der Waals surface area (Å²) >= 11 is 11.8. The van der Waals surface area contributed by atoms with Crippen LogP contribution in [0.15, 0.2) is 54.7 Å². The number of carbonyl (C=O) groups is 4. The predicted octanol–water partition coefficient (Wildman–Crippen LogP) is 4.38. The number of carbonyl (C=O) groups excluding carboxylic acids is 4. The highest BCUT2D eigenvalue weighted by atomic mass is 35.5. The Kier molecular flexibility index (Phi) is 12.4. The molecule has 11 nitrogen and oxygen atoms in total. The highest BCUT2D eigenvalue weighted by molar-refractivity contribution is 6.48. The van der Waals surface area contributed by atoms with E-state index in [4.69, 9.17) is 27.9 Å². The summed E-state index contributed by atoms with van der Waals surface area (Å²) < 4.78 is 3.94. The first-order valence-electron chi connectivity index (χ1n) is 16.0. The highest BCUT2D eigenvalue weighted by Gasteiger charge is 2.34. The summed E-state index contributed by atoms with van der Waals surface area (Å²) in [6, 6.07) is 12.6. The van der Waals surface area contributed by atoms with Crippen LogP contribution >= 0.6 is 23.2 Å². The minimum absolute atomic E-state index is 0.0281. The van der Waals surface area contributed by atoms with Crippen LogP contribution in [0.3, 0.4) is 0 Å². The van der Waals surface area contributed by atoms with Gasteiger partial charge in [-0.05, 0) is 74.2 Å². The maximum absolute atomic E-state index is 13.3. The number of esters is 1. The van der Waals surface area contributed by atoms with E-state index in [1.165, 1.54) is 11.9 Å². The Morgan fingerprint density at radius 2 is 1.81 bits per heavy atom. The van der Waals surface area contributed by atoms with Gasteiger partial charge in [-0.3, -0.25) is 29.2 Å². The molecular formula is C35H43Cl2N5O6. The number of rotatable bonds is 12. The van der Waals surface area contributed by atoms with Crippen LogP contribution in [0.1, 0.15) is 64.7 Å². The molecule has 1 aliphatic heterocycles. The Labute approximate surface area is 290 Å². The van der Waals surface area contributed by atoms with Gasteiger partial charge >= 0.3 is 5.97 Å². The average molecular weight is 701 g/mol. The molecule has 48 heavy (non-hydrogen) atoms. The molecule has 1 aromatic heterocycles. The second-order valence-electron chi connectivity index (χ2n) is 12.7. The fourth-order valence-electron chi connectivity index (χ4n) is 5.37. The number of amides is 3. The van der Waals surface area contributed by atoms with Crippen LogP contribution in [-0.2, 0) is 30.3 Å². The number of hydrogen-bond donors (Lipinski definition) is 4. The van der Waals surface area contributed by atoms with Crippen LogP contribution in [0.4, 0.5) is 0 Å². The summed E-state index contributed by atoms with van der Waals surface area (Å²) in [7, 11) is 0. The number of aliphatic hydroxyl groups is 1. The Morgan fingerprint density at radius 1 is 1.06 bits per heavy atom. The van der Waals surface area contributed by atoms with Crippen molar-refractivity contribution in [1.82, 2.24) is 26.1 Å². The Hall–Kier alpha value is -3.77. The van der Waals surface area contributed by atoms with Gasteiger partial charge in [0.25, 0.3) is 5.91 Å². The zero-order valence-electron chi connectivity index (χ0n) is 27.8. The van der Waals surface area contributed by atoms with Gasteiger partial charge in [0.1, 0.15) is 29.1 Å². The molecule has 4 rings (SSSR count). The van der Waals surface area contributed by atoms with Crippen molar-refractivity contribution in [3.63, 3.8) is 0 Å². The molecule has 0 spiro atoms. The van der Waals surface area contributed by atoms with Crippen LogP contribution in [0.25, 0.3) is 22.0 Å². The number of nitrogens with zero attached hydrogens (tertiary/aromatic N) is 2. The molecule has 1 saturated heterocycles. The molecule has 0 radical (unpaired) electrons. The predicted molar refractivity (Wildman–Crippen MR) is 185 cm³/mol. The van der Waals surface area contributed by atoms with E-state index in [1.54, 1.807) is 33.9 Å². The normalized spacial score (nSPS) is 17.0. The number of ether oxygens (including phenoxy) is 1. The molecule has 3 aromatic rings. The van der Waals surface area contributed by atoms with Gasteiger partial charge in [0, 0.05) is 23.7 Å². The van der Waals surface area contributed by atoms with Crippen molar-refractivity contribution in [2.24, 2.45) is 5.92 Å². The van der Waals surface area contributed by atoms with E-state index in [1.807, 2.05) is 48.5 Å². The number of halogens is 2. The second-order valence-corrected chi connectivity index (χ2v) is 14.6. The number of hydrogen-bond acceptors (Lipinski definition) is 8. The smallest absolute Gasteiger partial charge is 0.325 e. The lowest BCUT2D eigenvalue weighted by Crippen LogP contribution is -2.61. The van der Waals surface area contributed by atoms with Crippen molar-refractivity contribution in [3.05, 3.63) is 65.9 Å². The largest absolute Gasteiger partial charge is 0.461 e. The molecule has 2 aromatic carbocycles. The lowest BCUT2D eigenvalue weighted by Gasteiger charge is -2.34. The van der Waals surface area contributed by atoms with E-state index in [-0.39, 0.29) is 24.9 Å². The topological polar surface area (TPSA) is 150 Å². The summed E-state index contributed by atoms with van der Waals surface area (Å²) in [6.07, 6.45) is 2.22. The van der Waals surface area contributed by atoms with Crippen LogP contribution in [0, 0.1) is 5.92 Å². The van der Waals surface area contributed by atoms with Crippen LogP contribution in [-0.4, -0.2) is 74.4 Å². The summed E-state index contributed by atoms with van der Waals surface area (Å²) in [5.41, 5.74) is 5.98. The molecule has 0 bridgehead atoms. The van der Waals surface area contributed by atoms with E-state index in [2.05, 4.69) is 21.0 Å². The zero-order valence-corrected chi connectivity index (χ0v) is 29.3. The monoisotopic (exact) mass is 699 g/mol. The number of aliphatic hydroxyl groups excluding tert-OH is 1. The van der Waals surface area contributed by atoms with E-state index >= 15 is 0 Å². The first-order valence-corrected chi connectivity index (χ1v) is 16.8. The fourth-order valence-corrected chi connectivity index (χ4v) is 5.48. The van der Waals surface area contributed by atoms with Crippen molar-refractivity contribution in [1.29, 1.82) is 0 Å². The third-order valence-electron chi connectivity index (χ3n) is 8.02. The number of pyridine rings is 1. The molecular weight excluding hydrogens is 657 g/mol. The molecule has 1 aliphatic rings. The summed E-state index contributed by atoms with van der Waals surface area (Å²) in [4.78, 5) is 56.7. The van der Waals surface area contributed by atoms with E-state index in [0.717, 1.165) is 33.2 Å². The lowest BCUT2D eigenvalue weighted by atomic mass is 10.0. The first-order chi connectivity index (χ1) is 22.6. The minimum Gasteiger partial charge on any atom is -0.461 e. The molecule has 2 heterocycles. The molecule has 0 saturated carbocycles. The summed E-state index contributed by atoms with van der Waals surface area (Å²) in [5.74, 6) is -2.13. The van der Waals surface area contributed by atoms with Gasteiger partial charge in [-0.25, -0.2) is 5.43 Å². The first kappa shape index (κ1) is 37.1. The zero-order chi connectivity index (χ0) is 35.2. The molecule has 4 unspecified atom stereocenters. The molecule has 1 fully saturated rings. The average Bonchev–Trinajstić information content (AvgIpc) is 3.04. The maximum Gasteiger partial charge on any atom is 0.325 e. The Bertz CT molecular complexity index is 1640. The molecule has 4 N–H and O–H groups in total. The Balaban J connectivity index is 1.35. The van der Waals surface area contributed by atoms with Crippen molar-refractivity contribution in [3.8, 4) is 11.3 Å². The lowest BCUT2D eigenvalue weighted by molar-refractivity contribution is -0.153. The van der Waals surface area contributed by atoms with Crippen molar-refractivity contribution < 1.29 is 29.0 Å². The molecule has 258 valence electrons. The molecule has 4 atom stereocenters. The van der Waals surface area contributed by atoms with E-state index < -0.39 is 46.3 Å². The number of alkyl halides is 2. The van der Waals surface area contributed by atoms with Crippen LogP contribution in [0.5, 0.6) is 0 Å². The van der Waals surface area contributed by atoms with Gasteiger partial charge in [0.15, 0.2) is 0 Å². The van der Waals surface area contributed by atoms with Gasteiger partial charge in [-0.1, -0.05) is 67.4 Å². The van der Waals surface area contributed by atoms with Gasteiger partial charge in [0.2, 0.25) is 11.8 Å². The third-order valence-corrected chi connectivity index (χ3v) is 8.23. The van der Waals surface area contributed by atoms with Crippen LogP contribution in [0.2, 0.25) is 0 Å². The summed E-state index contributed by atoms with van der Waals surface area (Å²) in [5, 5.41) is 18.7. The van der Waals surface area contributed by atoms with Crippen molar-refractivity contribution in [2.75, 3.05) is 13.2 Å². The molecule has 0 aliphatic carbocycles. The maximum atomic E-state index is 13.3. The van der Waals surface area contributed by atoms with Gasteiger partial charge < -0.3 is 20.5 Å². The van der Waals surface area contributed by atoms with Crippen LogP contribution < -0.4 is 16.1 Å². The number of nitrogens with one attached hydrogen (secondary N) is 3. The third kappa shape index (κ3) is 10.1. The van der Waals surface area contributed by atoms with E-state index in [0.29, 0.717) is 19.4 Å². The van der Waals surface area contributed by atoms with Crippen molar-refractivity contribution in [2.45, 2.75) is 82.4 Å². The minimum atomic E-state index is -1.23. The molecule has 3 amide bonds. The fraction of sp³-hybridized carbons (Fsp3) is 0.457. The summed E-state index contributed by atoms with van der Waals surface area (Å²) in [6.45, 7) is 8.52. The number of hydrazine groups is 1. The number of benzene rings is 2. The van der Waals surface area contributed by atoms with Gasteiger partial charge in [0.05, 0.1) is 18.2 Å². The Morgan fingerprint density at radius 3 is 2.50 bits per heavy atom.